The van der Waals surface area contributed by atoms with Gasteiger partial charge in [-0.05, 0) is 49.6 Å². The normalized spacial score (nSPS) is 12.1. The highest BCUT2D eigenvalue weighted by molar-refractivity contribution is 7.94. The largest absolute Gasteiger partial charge is 0.379 e. The molecule has 3 aromatic rings. The molecule has 0 saturated carbocycles. The Balaban J connectivity index is 1.85. The lowest BCUT2D eigenvalue weighted by Crippen LogP contribution is -2.25. The minimum atomic E-state index is -4.06. The Kier molecular flexibility index (Phi) is 5.26. The van der Waals surface area contributed by atoms with Crippen LogP contribution in [0.3, 0.4) is 0 Å². The van der Waals surface area contributed by atoms with Gasteiger partial charge in [0.15, 0.2) is 0 Å². The summed E-state index contributed by atoms with van der Waals surface area (Å²) < 4.78 is 58.4. The van der Waals surface area contributed by atoms with Crippen molar-refractivity contribution in [3.05, 3.63) is 53.2 Å². The lowest BCUT2D eigenvalue weighted by atomic mass is 10.3. The Hall–Kier alpha value is -2.37. The Morgan fingerprint density at radius 1 is 1.07 bits per heavy atom. The van der Waals surface area contributed by atoms with Crippen molar-refractivity contribution < 1.29 is 21.0 Å². The van der Waals surface area contributed by atoms with Crippen LogP contribution in [0.2, 0.25) is 0 Å². The van der Waals surface area contributed by atoms with Crippen molar-refractivity contribution in [3.8, 4) is 5.75 Å². The van der Waals surface area contributed by atoms with Gasteiger partial charge in [0.2, 0.25) is 0 Å². The van der Waals surface area contributed by atoms with Gasteiger partial charge in [-0.25, -0.2) is 8.42 Å². The first-order valence-electron chi connectivity index (χ1n) is 8.11. The molecule has 0 N–H and O–H groups in total. The molecule has 3 rings (SSSR count). The summed E-state index contributed by atoms with van der Waals surface area (Å²) in [5, 5.41) is 5.78. The van der Waals surface area contributed by atoms with E-state index in [0.29, 0.717) is 17.1 Å². The van der Waals surface area contributed by atoms with Crippen LogP contribution in [0.5, 0.6) is 5.75 Å². The standard InChI is InChI=1S/C17H19N3O5S3/c1-12-17(13(2)19(3)18-12)28(23,24)25-15-9-7-14(8-10-15)20(4)27(21,22)16-6-5-11-26-16/h5-11H,1-4H3. The summed E-state index contributed by atoms with van der Waals surface area (Å²) in [6.45, 7) is 3.24. The SMILES string of the molecule is Cc1nn(C)c(C)c1S(=O)(=O)Oc1ccc(N(C)S(=O)(=O)c2cccs2)cc1. The molecule has 28 heavy (non-hydrogen) atoms. The molecule has 0 aliphatic carbocycles. The smallest absolute Gasteiger partial charge is 0.342 e. The van der Waals surface area contributed by atoms with Crippen molar-refractivity contribution in [1.82, 2.24) is 9.78 Å². The van der Waals surface area contributed by atoms with Gasteiger partial charge >= 0.3 is 10.1 Å². The minimum absolute atomic E-state index is 0.0245. The van der Waals surface area contributed by atoms with Gasteiger partial charge in [-0.1, -0.05) is 6.07 Å². The van der Waals surface area contributed by atoms with Crippen LogP contribution in [0.25, 0.3) is 0 Å². The van der Waals surface area contributed by atoms with E-state index in [4.69, 9.17) is 4.18 Å². The zero-order valence-electron chi connectivity index (χ0n) is 15.6. The van der Waals surface area contributed by atoms with E-state index in [-0.39, 0.29) is 14.9 Å². The van der Waals surface area contributed by atoms with Crippen LogP contribution < -0.4 is 8.49 Å². The molecule has 0 unspecified atom stereocenters. The van der Waals surface area contributed by atoms with Crippen molar-refractivity contribution in [1.29, 1.82) is 0 Å². The Bertz CT molecular complexity index is 1200. The van der Waals surface area contributed by atoms with Gasteiger partial charge in [-0.15, -0.1) is 11.3 Å². The number of sulfonamides is 1. The molecule has 0 aliphatic heterocycles. The third kappa shape index (κ3) is 3.64. The number of aromatic nitrogens is 2. The quantitative estimate of drug-likeness (QED) is 0.546. The fourth-order valence-electron chi connectivity index (χ4n) is 2.68. The zero-order valence-corrected chi connectivity index (χ0v) is 18.1. The summed E-state index contributed by atoms with van der Waals surface area (Å²) in [5.74, 6) is 0.0772. The van der Waals surface area contributed by atoms with Gasteiger partial charge in [-0.2, -0.15) is 13.5 Å². The van der Waals surface area contributed by atoms with Crippen molar-refractivity contribution in [2.45, 2.75) is 23.0 Å². The number of thiophene rings is 1. The molecule has 0 amide bonds. The molecule has 0 radical (unpaired) electrons. The summed E-state index contributed by atoms with van der Waals surface area (Å²) >= 11 is 1.12. The second-order valence-corrected chi connectivity index (χ2v) is 10.7. The maximum absolute atomic E-state index is 12.6. The van der Waals surface area contributed by atoms with Gasteiger partial charge in [0.1, 0.15) is 14.9 Å². The molecule has 1 aromatic carbocycles. The van der Waals surface area contributed by atoms with Crippen LogP contribution in [0, 0.1) is 13.8 Å². The number of hydrogen-bond acceptors (Lipinski definition) is 7. The predicted molar refractivity (Wildman–Crippen MR) is 107 cm³/mol. The predicted octanol–water partition coefficient (Wildman–Crippen LogP) is 2.69. The zero-order chi connectivity index (χ0) is 20.7. The fourth-order valence-corrected chi connectivity index (χ4v) is 6.38. The molecule has 150 valence electrons. The third-order valence-electron chi connectivity index (χ3n) is 4.21. The number of hydrogen-bond donors (Lipinski definition) is 0. The summed E-state index contributed by atoms with van der Waals surface area (Å²) in [7, 11) is -4.64. The van der Waals surface area contributed by atoms with Crippen molar-refractivity contribution in [2.75, 3.05) is 11.4 Å². The van der Waals surface area contributed by atoms with Gasteiger partial charge in [-0.3, -0.25) is 8.99 Å². The molecular formula is C17H19N3O5S3. The van der Waals surface area contributed by atoms with Crippen LogP contribution in [-0.2, 0) is 27.2 Å². The Labute approximate surface area is 168 Å². The van der Waals surface area contributed by atoms with Crippen LogP contribution in [0.4, 0.5) is 5.69 Å². The molecule has 0 aliphatic rings. The van der Waals surface area contributed by atoms with E-state index in [1.54, 1.807) is 32.3 Å². The monoisotopic (exact) mass is 441 g/mol. The van der Waals surface area contributed by atoms with Crippen molar-refractivity contribution >= 4 is 37.2 Å². The molecule has 0 spiro atoms. The molecule has 0 atom stereocenters. The highest BCUT2D eigenvalue weighted by atomic mass is 32.2. The highest BCUT2D eigenvalue weighted by Gasteiger charge is 2.26. The van der Waals surface area contributed by atoms with E-state index >= 15 is 0 Å². The highest BCUT2D eigenvalue weighted by Crippen LogP contribution is 2.28. The lowest BCUT2D eigenvalue weighted by Gasteiger charge is -2.18. The Morgan fingerprint density at radius 2 is 1.71 bits per heavy atom. The number of aryl methyl sites for hydroxylation is 2. The van der Waals surface area contributed by atoms with Crippen molar-refractivity contribution in [2.24, 2.45) is 7.05 Å². The van der Waals surface area contributed by atoms with Gasteiger partial charge in [0.25, 0.3) is 10.0 Å². The van der Waals surface area contributed by atoms with Crippen LogP contribution >= 0.6 is 11.3 Å². The maximum atomic E-state index is 12.6. The molecule has 2 heterocycles. The molecule has 11 heteroatoms. The summed E-state index contributed by atoms with van der Waals surface area (Å²) in [6.07, 6.45) is 0. The van der Waals surface area contributed by atoms with Crippen LogP contribution in [0.1, 0.15) is 11.4 Å². The van der Waals surface area contributed by atoms with E-state index in [9.17, 15) is 16.8 Å². The molecule has 8 nitrogen and oxygen atoms in total. The minimum Gasteiger partial charge on any atom is -0.379 e. The maximum Gasteiger partial charge on any atom is 0.342 e. The molecule has 2 aromatic heterocycles. The second-order valence-electron chi connectivity index (χ2n) is 6.06. The van der Waals surface area contributed by atoms with Crippen LogP contribution in [-0.4, -0.2) is 33.7 Å². The van der Waals surface area contributed by atoms with E-state index < -0.39 is 20.1 Å². The van der Waals surface area contributed by atoms with Gasteiger partial charge < -0.3 is 4.18 Å². The van der Waals surface area contributed by atoms with Gasteiger partial charge in [0, 0.05) is 14.1 Å². The number of nitrogens with zero attached hydrogens (tertiary/aromatic N) is 3. The summed E-state index contributed by atoms with van der Waals surface area (Å²) in [5.41, 5.74) is 1.20. The van der Waals surface area contributed by atoms with E-state index in [0.717, 1.165) is 15.6 Å². The average Bonchev–Trinajstić information content (AvgIpc) is 3.24. The molecule has 0 saturated heterocycles. The second kappa shape index (κ2) is 7.22. The summed E-state index contributed by atoms with van der Waals surface area (Å²) in [6, 6.07) is 8.98. The first-order chi connectivity index (χ1) is 13.0. The van der Waals surface area contributed by atoms with E-state index in [1.807, 2.05) is 0 Å². The summed E-state index contributed by atoms with van der Waals surface area (Å²) in [4.78, 5) is 0.0245. The average molecular weight is 442 g/mol. The molecular weight excluding hydrogens is 422 g/mol. The molecule has 0 bridgehead atoms. The molecule has 0 fully saturated rings. The first kappa shape index (κ1) is 20.4. The number of rotatable bonds is 6. The Morgan fingerprint density at radius 3 is 2.21 bits per heavy atom. The lowest BCUT2D eigenvalue weighted by molar-refractivity contribution is 0.484. The number of anilines is 1. The van der Waals surface area contributed by atoms with E-state index in [1.165, 1.54) is 42.1 Å². The van der Waals surface area contributed by atoms with Crippen LogP contribution in [0.15, 0.2) is 50.9 Å². The first-order valence-corrected chi connectivity index (χ1v) is 11.8. The fraction of sp³-hybridized carbons (Fsp3) is 0.235. The topological polar surface area (TPSA) is 98.6 Å². The number of benzene rings is 1. The van der Waals surface area contributed by atoms with E-state index in [2.05, 4.69) is 5.10 Å². The van der Waals surface area contributed by atoms with Gasteiger partial charge in [0.05, 0.1) is 17.1 Å². The van der Waals surface area contributed by atoms with Crippen molar-refractivity contribution in [3.63, 3.8) is 0 Å². The third-order valence-corrected chi connectivity index (χ3v) is 8.87.